The number of hydrogen-bond donors (Lipinski definition) is 1. The summed E-state index contributed by atoms with van der Waals surface area (Å²) in [5, 5.41) is 12.0. The first kappa shape index (κ1) is 21.7. The molecule has 0 bridgehead atoms. The molecular formula is C23H23N3O5. The number of esters is 1. The average Bonchev–Trinajstić information content (AvgIpc) is 3.23. The van der Waals surface area contributed by atoms with Crippen LogP contribution in [-0.2, 0) is 20.9 Å². The fourth-order valence-electron chi connectivity index (χ4n) is 2.83. The maximum Gasteiger partial charge on any atom is 0.349 e. The summed E-state index contributed by atoms with van der Waals surface area (Å²) in [5.74, 6) is -0.0539. The molecule has 31 heavy (non-hydrogen) atoms. The van der Waals surface area contributed by atoms with Gasteiger partial charge in [-0.1, -0.05) is 18.2 Å². The summed E-state index contributed by atoms with van der Waals surface area (Å²) in [7, 11) is 3.84. The number of hydrogen-bond acceptors (Lipinski definition) is 7. The smallest absolute Gasteiger partial charge is 0.349 e. The minimum Gasteiger partial charge on any atom is -0.454 e. The Morgan fingerprint density at radius 3 is 2.58 bits per heavy atom. The van der Waals surface area contributed by atoms with Gasteiger partial charge in [-0.05, 0) is 48.4 Å². The second-order valence-electron chi connectivity index (χ2n) is 7.11. The average molecular weight is 421 g/mol. The fraction of sp³-hybridized carbons (Fsp3) is 0.261. The molecule has 160 valence electrons. The molecule has 1 unspecified atom stereocenters. The van der Waals surface area contributed by atoms with Crippen LogP contribution in [0.3, 0.4) is 0 Å². The molecule has 0 saturated heterocycles. The lowest BCUT2D eigenvalue weighted by Gasteiger charge is -2.14. The van der Waals surface area contributed by atoms with Crippen molar-refractivity contribution in [3.63, 3.8) is 0 Å². The van der Waals surface area contributed by atoms with Crippen molar-refractivity contribution in [1.29, 1.82) is 5.26 Å². The van der Waals surface area contributed by atoms with Crippen LogP contribution in [0, 0.1) is 11.3 Å². The third-order valence-electron chi connectivity index (χ3n) is 4.62. The number of carbonyl (C=O) groups is 2. The Hall–Kier alpha value is -3.99. The van der Waals surface area contributed by atoms with Crippen LogP contribution < -0.4 is 19.7 Å². The van der Waals surface area contributed by atoms with Gasteiger partial charge in [-0.25, -0.2) is 4.79 Å². The zero-order valence-corrected chi connectivity index (χ0v) is 17.5. The van der Waals surface area contributed by atoms with Gasteiger partial charge in [0.2, 0.25) is 6.79 Å². The lowest BCUT2D eigenvalue weighted by Crippen LogP contribution is -2.35. The largest absolute Gasteiger partial charge is 0.454 e. The van der Waals surface area contributed by atoms with Gasteiger partial charge in [-0.3, -0.25) is 4.79 Å². The van der Waals surface area contributed by atoms with E-state index in [0.717, 1.165) is 11.3 Å². The molecular weight excluding hydrogens is 398 g/mol. The van der Waals surface area contributed by atoms with E-state index in [-0.39, 0.29) is 18.9 Å². The molecule has 0 saturated carbocycles. The van der Waals surface area contributed by atoms with Gasteiger partial charge in [0.15, 0.2) is 17.6 Å². The zero-order valence-electron chi connectivity index (χ0n) is 17.5. The molecule has 2 aromatic carbocycles. The standard InChI is InChI=1S/C23H23N3O5/c1-15(22(27)25-13-17-6-9-20-21(11-17)30-14-29-20)31-23(28)18(12-24)10-16-4-7-19(8-5-16)26(2)3/h4-11,15H,13-14H2,1-3H3,(H,25,27). The van der Waals surface area contributed by atoms with Gasteiger partial charge in [-0.2, -0.15) is 5.26 Å². The van der Waals surface area contributed by atoms with Crippen LogP contribution in [0.4, 0.5) is 5.69 Å². The predicted octanol–water partition coefficient (Wildman–Crippen LogP) is 2.64. The number of fused-ring (bicyclic) bond motifs is 1. The molecule has 1 N–H and O–H groups in total. The van der Waals surface area contributed by atoms with E-state index in [1.807, 2.05) is 43.3 Å². The number of nitrogens with zero attached hydrogens (tertiary/aromatic N) is 2. The predicted molar refractivity (Wildman–Crippen MR) is 114 cm³/mol. The SMILES string of the molecule is CC(OC(=O)C(C#N)=Cc1ccc(N(C)C)cc1)C(=O)NCc1ccc2c(c1)OCO2. The van der Waals surface area contributed by atoms with E-state index in [0.29, 0.717) is 17.1 Å². The molecule has 8 heteroatoms. The summed E-state index contributed by atoms with van der Waals surface area (Å²) in [6.07, 6.45) is 0.369. The van der Waals surface area contributed by atoms with E-state index < -0.39 is 18.0 Å². The van der Waals surface area contributed by atoms with Gasteiger partial charge >= 0.3 is 5.97 Å². The molecule has 1 amide bonds. The van der Waals surface area contributed by atoms with Crippen LogP contribution in [0.15, 0.2) is 48.0 Å². The molecule has 0 spiro atoms. The van der Waals surface area contributed by atoms with E-state index in [9.17, 15) is 14.9 Å². The van der Waals surface area contributed by atoms with Crippen LogP contribution in [0.1, 0.15) is 18.1 Å². The van der Waals surface area contributed by atoms with Crippen molar-refractivity contribution in [3.8, 4) is 17.6 Å². The quantitative estimate of drug-likeness (QED) is 0.417. The first-order valence-corrected chi connectivity index (χ1v) is 9.64. The molecule has 3 rings (SSSR count). The van der Waals surface area contributed by atoms with E-state index in [1.165, 1.54) is 13.0 Å². The number of rotatable bonds is 7. The Kier molecular flexibility index (Phi) is 6.78. The highest BCUT2D eigenvalue weighted by Gasteiger charge is 2.21. The lowest BCUT2D eigenvalue weighted by molar-refractivity contribution is -0.150. The van der Waals surface area contributed by atoms with Gasteiger partial charge < -0.3 is 24.4 Å². The number of carbonyl (C=O) groups excluding carboxylic acids is 2. The Morgan fingerprint density at radius 1 is 1.19 bits per heavy atom. The molecule has 0 aromatic heterocycles. The van der Waals surface area contributed by atoms with E-state index in [2.05, 4.69) is 5.32 Å². The van der Waals surface area contributed by atoms with Gasteiger partial charge in [-0.15, -0.1) is 0 Å². The normalized spacial score (nSPS) is 13.2. The highest BCUT2D eigenvalue weighted by molar-refractivity contribution is 5.99. The number of nitrogens with one attached hydrogen (secondary N) is 1. The summed E-state index contributed by atoms with van der Waals surface area (Å²) in [6, 6.07) is 14.5. The highest BCUT2D eigenvalue weighted by Crippen LogP contribution is 2.32. The maximum atomic E-state index is 12.3. The monoisotopic (exact) mass is 421 g/mol. The van der Waals surface area contributed by atoms with Gasteiger partial charge in [0, 0.05) is 26.3 Å². The number of anilines is 1. The summed E-state index contributed by atoms with van der Waals surface area (Å²) in [6.45, 7) is 1.86. The van der Waals surface area contributed by atoms with Crippen molar-refractivity contribution < 1.29 is 23.8 Å². The Morgan fingerprint density at radius 2 is 1.90 bits per heavy atom. The second kappa shape index (κ2) is 9.67. The Labute approximate surface area is 180 Å². The van der Waals surface area contributed by atoms with E-state index >= 15 is 0 Å². The molecule has 1 heterocycles. The van der Waals surface area contributed by atoms with E-state index in [1.54, 1.807) is 24.3 Å². The molecule has 1 atom stereocenters. The molecule has 1 aliphatic rings. The first-order valence-electron chi connectivity index (χ1n) is 9.64. The minimum atomic E-state index is -1.06. The summed E-state index contributed by atoms with van der Waals surface area (Å²) in [5.41, 5.74) is 2.30. The first-order chi connectivity index (χ1) is 14.9. The van der Waals surface area contributed by atoms with Crippen molar-refractivity contribution in [2.24, 2.45) is 0 Å². The number of benzene rings is 2. The summed E-state index contributed by atoms with van der Waals surface area (Å²) in [4.78, 5) is 26.6. The topological polar surface area (TPSA) is 101 Å². The fourth-order valence-corrected chi connectivity index (χ4v) is 2.83. The summed E-state index contributed by atoms with van der Waals surface area (Å²) >= 11 is 0. The van der Waals surface area contributed by atoms with Gasteiger partial charge in [0.1, 0.15) is 11.6 Å². The second-order valence-corrected chi connectivity index (χ2v) is 7.11. The molecule has 0 radical (unpaired) electrons. The van der Waals surface area contributed by atoms with Crippen molar-refractivity contribution >= 4 is 23.6 Å². The molecule has 8 nitrogen and oxygen atoms in total. The molecule has 2 aromatic rings. The third-order valence-corrected chi connectivity index (χ3v) is 4.62. The summed E-state index contributed by atoms with van der Waals surface area (Å²) < 4.78 is 15.7. The van der Waals surface area contributed by atoms with Crippen molar-refractivity contribution in [2.75, 3.05) is 25.8 Å². The Bertz CT molecular complexity index is 1040. The number of nitriles is 1. The minimum absolute atomic E-state index is 0.173. The Balaban J connectivity index is 1.56. The number of amides is 1. The highest BCUT2D eigenvalue weighted by atomic mass is 16.7. The third kappa shape index (κ3) is 5.54. The van der Waals surface area contributed by atoms with Crippen molar-refractivity contribution in [3.05, 3.63) is 59.2 Å². The van der Waals surface area contributed by atoms with Crippen LogP contribution in [0.5, 0.6) is 11.5 Å². The van der Waals surface area contributed by atoms with Crippen LogP contribution >= 0.6 is 0 Å². The van der Waals surface area contributed by atoms with Crippen LogP contribution in [-0.4, -0.2) is 38.9 Å². The van der Waals surface area contributed by atoms with Crippen LogP contribution in [0.2, 0.25) is 0 Å². The van der Waals surface area contributed by atoms with Crippen molar-refractivity contribution in [2.45, 2.75) is 19.6 Å². The van der Waals surface area contributed by atoms with Gasteiger partial charge in [0.05, 0.1) is 0 Å². The zero-order chi connectivity index (χ0) is 22.4. The van der Waals surface area contributed by atoms with Gasteiger partial charge in [0.25, 0.3) is 5.91 Å². The van der Waals surface area contributed by atoms with E-state index in [4.69, 9.17) is 14.2 Å². The lowest BCUT2D eigenvalue weighted by atomic mass is 10.1. The molecule has 1 aliphatic heterocycles. The van der Waals surface area contributed by atoms with Crippen molar-refractivity contribution in [1.82, 2.24) is 5.32 Å². The van der Waals surface area contributed by atoms with Crippen LogP contribution in [0.25, 0.3) is 6.08 Å². The molecule has 0 aliphatic carbocycles. The maximum absolute atomic E-state index is 12.3. The number of ether oxygens (including phenoxy) is 3. The molecule has 0 fully saturated rings.